The normalized spacial score (nSPS) is 11.1. The number of aromatic nitrogens is 3. The minimum Gasteiger partial charge on any atom is -0.387 e. The summed E-state index contributed by atoms with van der Waals surface area (Å²) in [6.07, 6.45) is 0. The average Bonchev–Trinajstić information content (AvgIpc) is 3.49. The SMILES string of the molecule is Cc1ccc2nc(-c3ccc(NC(=O)Cn4nc(-c5cccs5)oc4=O)cc3)sc2c1. The molecule has 0 unspecified atom stereocenters. The molecule has 0 bridgehead atoms. The second-order valence-electron chi connectivity index (χ2n) is 6.92. The smallest absolute Gasteiger partial charge is 0.387 e. The number of carbonyl (C=O) groups is 1. The highest BCUT2D eigenvalue weighted by Crippen LogP contribution is 2.31. The summed E-state index contributed by atoms with van der Waals surface area (Å²) in [6.45, 7) is 1.83. The first-order chi connectivity index (χ1) is 15.0. The van der Waals surface area contributed by atoms with Crippen molar-refractivity contribution in [2.24, 2.45) is 0 Å². The van der Waals surface area contributed by atoms with E-state index in [-0.39, 0.29) is 18.3 Å². The summed E-state index contributed by atoms with van der Waals surface area (Å²) in [5, 5.41) is 9.66. The summed E-state index contributed by atoms with van der Waals surface area (Å²) in [5.74, 6) is -0.820. The van der Waals surface area contributed by atoms with Crippen molar-refractivity contribution in [3.63, 3.8) is 0 Å². The third-order valence-electron chi connectivity index (χ3n) is 4.59. The summed E-state index contributed by atoms with van der Waals surface area (Å²) >= 11 is 3.04. The van der Waals surface area contributed by atoms with Crippen LogP contribution in [-0.4, -0.2) is 20.7 Å². The number of nitrogens with one attached hydrogen (secondary N) is 1. The number of fused-ring (bicyclic) bond motifs is 1. The Balaban J connectivity index is 1.28. The van der Waals surface area contributed by atoms with Crippen LogP contribution in [0.1, 0.15) is 5.56 Å². The Morgan fingerprint density at radius 1 is 1.16 bits per heavy atom. The molecule has 0 saturated carbocycles. The van der Waals surface area contributed by atoms with Crippen molar-refractivity contribution in [2.45, 2.75) is 13.5 Å². The Morgan fingerprint density at radius 2 is 2.00 bits per heavy atom. The van der Waals surface area contributed by atoms with Crippen LogP contribution < -0.4 is 11.1 Å². The zero-order valence-corrected chi connectivity index (χ0v) is 18.0. The minimum absolute atomic E-state index is 0.211. The van der Waals surface area contributed by atoms with Crippen LogP contribution in [0, 0.1) is 6.92 Å². The monoisotopic (exact) mass is 448 g/mol. The number of hydrogen-bond donors (Lipinski definition) is 1. The molecule has 1 N–H and O–H groups in total. The highest BCUT2D eigenvalue weighted by atomic mass is 32.1. The lowest BCUT2D eigenvalue weighted by atomic mass is 10.2. The lowest BCUT2D eigenvalue weighted by molar-refractivity contribution is -0.117. The molecule has 3 heterocycles. The van der Waals surface area contributed by atoms with Crippen molar-refractivity contribution >= 4 is 44.5 Å². The van der Waals surface area contributed by atoms with Gasteiger partial charge in [0.2, 0.25) is 5.91 Å². The van der Waals surface area contributed by atoms with Gasteiger partial charge in [0.15, 0.2) is 0 Å². The molecule has 9 heteroatoms. The summed E-state index contributed by atoms with van der Waals surface area (Å²) in [7, 11) is 0. The van der Waals surface area contributed by atoms with Crippen LogP contribution in [0.5, 0.6) is 0 Å². The van der Waals surface area contributed by atoms with Gasteiger partial charge in [-0.25, -0.2) is 9.78 Å². The van der Waals surface area contributed by atoms with Crippen LogP contribution >= 0.6 is 22.7 Å². The zero-order valence-electron chi connectivity index (χ0n) is 16.4. The van der Waals surface area contributed by atoms with Crippen LogP contribution in [0.2, 0.25) is 0 Å². The number of thiazole rings is 1. The number of aryl methyl sites for hydroxylation is 1. The van der Waals surface area contributed by atoms with Gasteiger partial charge in [-0.15, -0.1) is 27.8 Å². The molecule has 0 spiro atoms. The van der Waals surface area contributed by atoms with E-state index in [0.29, 0.717) is 5.69 Å². The van der Waals surface area contributed by atoms with Crippen LogP contribution in [0.15, 0.2) is 69.2 Å². The lowest BCUT2D eigenvalue weighted by Crippen LogP contribution is -2.25. The highest BCUT2D eigenvalue weighted by molar-refractivity contribution is 7.21. The van der Waals surface area contributed by atoms with E-state index < -0.39 is 5.76 Å². The second-order valence-corrected chi connectivity index (χ2v) is 8.90. The van der Waals surface area contributed by atoms with Gasteiger partial charge < -0.3 is 9.73 Å². The zero-order chi connectivity index (χ0) is 21.4. The second kappa shape index (κ2) is 7.93. The van der Waals surface area contributed by atoms with Crippen molar-refractivity contribution in [3.8, 4) is 21.3 Å². The van der Waals surface area contributed by atoms with E-state index in [1.807, 2.05) is 47.8 Å². The fraction of sp³-hybridized carbons (Fsp3) is 0.0909. The first-order valence-corrected chi connectivity index (χ1v) is 11.1. The van der Waals surface area contributed by atoms with E-state index in [0.717, 1.165) is 30.3 Å². The van der Waals surface area contributed by atoms with Crippen molar-refractivity contribution in [3.05, 3.63) is 76.1 Å². The van der Waals surface area contributed by atoms with Crippen LogP contribution in [0.3, 0.4) is 0 Å². The summed E-state index contributed by atoms with van der Waals surface area (Å²) in [5.41, 5.74) is 3.78. The van der Waals surface area contributed by atoms with Gasteiger partial charge in [-0.2, -0.15) is 4.68 Å². The molecule has 1 amide bonds. The third kappa shape index (κ3) is 4.05. The number of amides is 1. The molecule has 154 valence electrons. The quantitative estimate of drug-likeness (QED) is 0.418. The molecule has 5 rings (SSSR count). The van der Waals surface area contributed by atoms with Crippen molar-refractivity contribution < 1.29 is 9.21 Å². The molecule has 31 heavy (non-hydrogen) atoms. The molecule has 3 aromatic heterocycles. The number of nitrogens with zero attached hydrogens (tertiary/aromatic N) is 3. The van der Waals surface area contributed by atoms with E-state index in [9.17, 15) is 9.59 Å². The van der Waals surface area contributed by atoms with Gasteiger partial charge in [-0.1, -0.05) is 12.1 Å². The predicted molar refractivity (Wildman–Crippen MR) is 122 cm³/mol. The molecule has 0 radical (unpaired) electrons. The van der Waals surface area contributed by atoms with E-state index in [1.165, 1.54) is 16.9 Å². The van der Waals surface area contributed by atoms with Crippen molar-refractivity contribution in [1.29, 1.82) is 0 Å². The molecular weight excluding hydrogens is 432 g/mol. The maximum absolute atomic E-state index is 12.4. The maximum Gasteiger partial charge on any atom is 0.437 e. The largest absolute Gasteiger partial charge is 0.437 e. The van der Waals surface area contributed by atoms with E-state index in [1.54, 1.807) is 17.4 Å². The number of hydrogen-bond acceptors (Lipinski definition) is 7. The number of rotatable bonds is 5. The van der Waals surface area contributed by atoms with Crippen LogP contribution in [0.25, 0.3) is 31.6 Å². The predicted octanol–water partition coefficient (Wildman–Crippen LogP) is 4.79. The van der Waals surface area contributed by atoms with Crippen molar-refractivity contribution in [2.75, 3.05) is 5.32 Å². The van der Waals surface area contributed by atoms with Crippen LogP contribution in [-0.2, 0) is 11.3 Å². The number of thiophene rings is 1. The summed E-state index contributed by atoms with van der Waals surface area (Å²) in [4.78, 5) is 29.8. The summed E-state index contributed by atoms with van der Waals surface area (Å²) in [6, 6.07) is 17.3. The first-order valence-electron chi connectivity index (χ1n) is 9.44. The maximum atomic E-state index is 12.4. The molecule has 0 atom stereocenters. The van der Waals surface area contributed by atoms with Gasteiger partial charge in [0, 0.05) is 11.3 Å². The van der Waals surface area contributed by atoms with E-state index in [4.69, 9.17) is 4.42 Å². The van der Waals surface area contributed by atoms with Crippen LogP contribution in [0.4, 0.5) is 5.69 Å². The molecule has 0 aliphatic rings. The molecule has 2 aromatic carbocycles. The van der Waals surface area contributed by atoms with Gasteiger partial charge in [0.1, 0.15) is 11.6 Å². The molecule has 0 saturated heterocycles. The molecule has 7 nitrogen and oxygen atoms in total. The molecule has 0 aliphatic carbocycles. The number of anilines is 1. The average molecular weight is 449 g/mol. The van der Waals surface area contributed by atoms with E-state index >= 15 is 0 Å². The van der Waals surface area contributed by atoms with Crippen molar-refractivity contribution in [1.82, 2.24) is 14.8 Å². The van der Waals surface area contributed by atoms with Gasteiger partial charge in [0.25, 0.3) is 5.89 Å². The molecular formula is C22H16N4O3S2. The number of carbonyl (C=O) groups excluding carboxylic acids is 1. The minimum atomic E-state index is -0.667. The Kier molecular flexibility index (Phi) is 4.97. The standard InChI is InChI=1S/C22H16N4O3S2/c1-13-4-9-16-18(11-13)31-21(24-16)14-5-7-15(8-6-14)23-19(27)12-26-22(28)29-20(25-26)17-3-2-10-30-17/h2-11H,12H2,1H3,(H,23,27). The Hall–Kier alpha value is -3.56. The van der Waals surface area contributed by atoms with Gasteiger partial charge >= 0.3 is 5.76 Å². The van der Waals surface area contributed by atoms with Gasteiger partial charge in [-0.05, 0) is 60.3 Å². The van der Waals surface area contributed by atoms with Gasteiger partial charge in [0.05, 0.1) is 15.1 Å². The fourth-order valence-corrected chi connectivity index (χ4v) is 4.81. The third-order valence-corrected chi connectivity index (χ3v) is 6.52. The molecule has 0 aliphatic heterocycles. The van der Waals surface area contributed by atoms with Gasteiger partial charge in [-0.3, -0.25) is 4.79 Å². The summed E-state index contributed by atoms with van der Waals surface area (Å²) < 4.78 is 7.29. The Bertz CT molecular complexity index is 1430. The lowest BCUT2D eigenvalue weighted by Gasteiger charge is -2.05. The fourth-order valence-electron chi connectivity index (χ4n) is 3.09. The first kappa shape index (κ1) is 19.4. The Morgan fingerprint density at radius 3 is 2.77 bits per heavy atom. The number of benzene rings is 2. The topological polar surface area (TPSA) is 90.0 Å². The van der Waals surface area contributed by atoms with E-state index in [2.05, 4.69) is 28.4 Å². The highest BCUT2D eigenvalue weighted by Gasteiger charge is 2.14. The molecule has 0 fully saturated rings. The Labute approximate surface area is 184 Å². The molecule has 5 aromatic rings.